The largest absolute Gasteiger partial charge is 0.361 e. The minimum Gasteiger partial charge on any atom is -0.361 e. The zero-order chi connectivity index (χ0) is 29.7. The molecule has 0 bridgehead atoms. The predicted molar refractivity (Wildman–Crippen MR) is 172 cm³/mol. The number of carbonyl (C=O) groups is 2. The normalized spacial score (nSPS) is 20.6. The number of nitrogens with zero attached hydrogens (tertiary/aromatic N) is 5. The van der Waals surface area contributed by atoms with E-state index in [0.29, 0.717) is 26.2 Å². The molecule has 3 aromatic carbocycles. The quantitative estimate of drug-likeness (QED) is 0.333. The van der Waals surface area contributed by atoms with Crippen LogP contribution in [0.2, 0.25) is 0 Å². The maximum Gasteiger partial charge on any atom is 0.257 e. The summed E-state index contributed by atoms with van der Waals surface area (Å²) in [5, 5.41) is 1.18. The first-order chi connectivity index (χ1) is 21.5. The maximum atomic E-state index is 14.3. The molecule has 224 valence electrons. The molecule has 8 rings (SSSR count). The smallest absolute Gasteiger partial charge is 0.257 e. The fourth-order valence-electron chi connectivity index (χ4n) is 7.03. The number of aliphatic imine (C=N–C) groups is 1. The summed E-state index contributed by atoms with van der Waals surface area (Å²) in [4.78, 5) is 44.1. The number of hydrogen-bond donors (Lipinski definition) is 1. The molecule has 8 nitrogen and oxygen atoms in total. The van der Waals surface area contributed by atoms with E-state index < -0.39 is 5.54 Å². The van der Waals surface area contributed by atoms with E-state index in [4.69, 9.17) is 4.99 Å². The number of H-pyrrole nitrogens is 1. The van der Waals surface area contributed by atoms with Gasteiger partial charge in [0.2, 0.25) is 5.91 Å². The molecular formula is C36H38N6O2. The van der Waals surface area contributed by atoms with Crippen molar-refractivity contribution in [1.82, 2.24) is 24.6 Å². The third-order valence-corrected chi connectivity index (χ3v) is 9.82. The van der Waals surface area contributed by atoms with Gasteiger partial charge >= 0.3 is 0 Å². The van der Waals surface area contributed by atoms with Crippen LogP contribution in [0.3, 0.4) is 0 Å². The van der Waals surface area contributed by atoms with Gasteiger partial charge in [-0.15, -0.1) is 0 Å². The topological polar surface area (TPSA) is 75.2 Å². The van der Waals surface area contributed by atoms with Crippen LogP contribution in [0.4, 0.5) is 0 Å². The molecule has 4 aromatic rings. The summed E-state index contributed by atoms with van der Waals surface area (Å²) < 4.78 is 0. The Labute approximate surface area is 258 Å². The molecule has 4 aliphatic rings. The van der Waals surface area contributed by atoms with Crippen LogP contribution in [0.5, 0.6) is 0 Å². The molecule has 1 spiro atoms. The second kappa shape index (κ2) is 11.0. The summed E-state index contributed by atoms with van der Waals surface area (Å²) in [6, 6.07) is 27.5. The van der Waals surface area contributed by atoms with Crippen LogP contribution >= 0.6 is 0 Å². The number of rotatable bonds is 7. The number of nitrogens with one attached hydrogen (secondary N) is 1. The average molecular weight is 587 g/mol. The van der Waals surface area contributed by atoms with Gasteiger partial charge in [0.1, 0.15) is 11.4 Å². The van der Waals surface area contributed by atoms with Crippen LogP contribution < -0.4 is 0 Å². The molecule has 4 heterocycles. The average Bonchev–Trinajstić information content (AvgIpc) is 3.52. The molecule has 1 aliphatic carbocycles. The first-order valence-electron chi connectivity index (χ1n) is 15.9. The van der Waals surface area contributed by atoms with Crippen LogP contribution in [-0.4, -0.2) is 87.3 Å². The molecule has 1 aromatic heterocycles. The second-order valence-electron chi connectivity index (χ2n) is 12.9. The lowest BCUT2D eigenvalue weighted by molar-refractivity contribution is -0.134. The first kappa shape index (κ1) is 27.3. The van der Waals surface area contributed by atoms with Crippen molar-refractivity contribution < 1.29 is 9.59 Å². The monoisotopic (exact) mass is 586 g/mol. The fourth-order valence-corrected chi connectivity index (χ4v) is 7.03. The van der Waals surface area contributed by atoms with Gasteiger partial charge in [-0.05, 0) is 66.0 Å². The molecule has 0 radical (unpaired) electrons. The van der Waals surface area contributed by atoms with Crippen molar-refractivity contribution in [2.75, 3.05) is 39.5 Å². The number of benzene rings is 3. The Morgan fingerprint density at radius 1 is 0.841 bits per heavy atom. The minimum atomic E-state index is -0.732. The molecule has 2 amide bonds. The van der Waals surface area contributed by atoms with E-state index in [1.807, 2.05) is 22.1 Å². The lowest BCUT2D eigenvalue weighted by Gasteiger charge is -2.36. The Kier molecular flexibility index (Phi) is 6.84. The molecule has 1 N–H and O–H groups in total. The van der Waals surface area contributed by atoms with E-state index in [1.165, 1.54) is 10.9 Å². The maximum absolute atomic E-state index is 14.3. The number of amidine groups is 1. The van der Waals surface area contributed by atoms with Gasteiger partial charge in [0, 0.05) is 55.9 Å². The number of aromatic amines is 1. The zero-order valence-corrected chi connectivity index (χ0v) is 25.0. The van der Waals surface area contributed by atoms with Gasteiger partial charge in [0.05, 0.1) is 13.3 Å². The first-order valence-corrected chi connectivity index (χ1v) is 15.9. The van der Waals surface area contributed by atoms with Gasteiger partial charge in [0.15, 0.2) is 0 Å². The van der Waals surface area contributed by atoms with Crippen molar-refractivity contribution in [3.8, 4) is 11.1 Å². The Bertz CT molecular complexity index is 1720. The Balaban J connectivity index is 1.04. The summed E-state index contributed by atoms with van der Waals surface area (Å²) in [7, 11) is 0. The van der Waals surface area contributed by atoms with E-state index >= 15 is 0 Å². The molecule has 8 heteroatoms. The van der Waals surface area contributed by atoms with Crippen molar-refractivity contribution in [2.45, 2.75) is 37.8 Å². The Morgan fingerprint density at radius 2 is 1.59 bits per heavy atom. The van der Waals surface area contributed by atoms with Crippen molar-refractivity contribution >= 4 is 28.6 Å². The lowest BCUT2D eigenvalue weighted by Crippen LogP contribution is -2.52. The summed E-state index contributed by atoms with van der Waals surface area (Å²) in [5.74, 6) is 1.33. The predicted octanol–water partition coefficient (Wildman–Crippen LogP) is 4.93. The van der Waals surface area contributed by atoms with E-state index in [1.54, 1.807) is 0 Å². The molecule has 1 saturated carbocycles. The standard InChI is InChI=1S/C36H38N6O2/c43-34(29-10-11-29)41-21-20-40(24-41)25-42-33(28-8-6-27(7-9-28)30-12-13-32-31(22-30)14-17-37-32)38-36(35(42)44)15-18-39(19-16-36)23-26-4-2-1-3-5-26/h1-9,12-14,17,22,29,37H,10-11,15-16,18-21,23-25H2. The lowest BCUT2D eigenvalue weighted by atomic mass is 9.87. The van der Waals surface area contributed by atoms with Gasteiger partial charge in [0.25, 0.3) is 5.91 Å². The molecular weight excluding hydrogens is 548 g/mol. The van der Waals surface area contributed by atoms with Crippen molar-refractivity contribution in [3.05, 3.63) is 96.2 Å². The van der Waals surface area contributed by atoms with E-state index in [0.717, 1.165) is 73.6 Å². The third-order valence-electron chi connectivity index (χ3n) is 9.82. The Hall–Kier alpha value is -4.27. The van der Waals surface area contributed by atoms with Gasteiger partial charge in [-0.2, -0.15) is 0 Å². The number of carbonyl (C=O) groups excluding carboxylic acids is 2. The number of likely N-dealkylation sites (tertiary alicyclic amines) is 1. The van der Waals surface area contributed by atoms with Gasteiger partial charge in [-0.25, -0.2) is 0 Å². The van der Waals surface area contributed by atoms with Crippen LogP contribution in [0.15, 0.2) is 90.1 Å². The highest BCUT2D eigenvalue weighted by Crippen LogP contribution is 2.37. The van der Waals surface area contributed by atoms with Crippen LogP contribution in [-0.2, 0) is 16.1 Å². The number of amides is 2. The fraction of sp³-hybridized carbons (Fsp3) is 0.361. The van der Waals surface area contributed by atoms with Crippen molar-refractivity contribution in [2.24, 2.45) is 10.9 Å². The summed E-state index contributed by atoms with van der Waals surface area (Å²) >= 11 is 0. The van der Waals surface area contributed by atoms with Crippen LogP contribution in [0.1, 0.15) is 36.8 Å². The second-order valence-corrected chi connectivity index (χ2v) is 12.9. The molecule has 0 unspecified atom stereocenters. The van der Waals surface area contributed by atoms with Gasteiger partial charge in [-0.1, -0.05) is 60.7 Å². The SMILES string of the molecule is O=C(C1CC1)N1CCN(CN2C(=O)C3(CCN(Cc4ccccc4)CC3)N=C2c2ccc(-c3ccc4[nH]ccc4c3)cc2)C1. The highest BCUT2D eigenvalue weighted by molar-refractivity contribution is 6.15. The van der Waals surface area contributed by atoms with Gasteiger partial charge in [-0.3, -0.25) is 29.3 Å². The van der Waals surface area contributed by atoms with E-state index in [2.05, 4.69) is 87.6 Å². The van der Waals surface area contributed by atoms with E-state index in [-0.39, 0.29) is 17.7 Å². The molecule has 44 heavy (non-hydrogen) atoms. The number of piperidine rings is 1. The number of aromatic nitrogens is 1. The Morgan fingerprint density at radius 3 is 2.36 bits per heavy atom. The van der Waals surface area contributed by atoms with Crippen LogP contribution in [0.25, 0.3) is 22.0 Å². The number of fused-ring (bicyclic) bond motifs is 1. The molecule has 3 fully saturated rings. The number of hydrogen-bond acceptors (Lipinski definition) is 5. The van der Waals surface area contributed by atoms with Crippen molar-refractivity contribution in [1.29, 1.82) is 0 Å². The summed E-state index contributed by atoms with van der Waals surface area (Å²) in [6.07, 6.45) is 5.40. The van der Waals surface area contributed by atoms with E-state index in [9.17, 15) is 9.59 Å². The van der Waals surface area contributed by atoms with Crippen LogP contribution in [0, 0.1) is 5.92 Å². The minimum absolute atomic E-state index is 0.0980. The highest BCUT2D eigenvalue weighted by atomic mass is 16.2. The zero-order valence-electron chi connectivity index (χ0n) is 25.0. The summed E-state index contributed by atoms with van der Waals surface area (Å²) in [6.45, 7) is 5.08. The molecule has 2 saturated heterocycles. The van der Waals surface area contributed by atoms with Gasteiger partial charge < -0.3 is 9.88 Å². The van der Waals surface area contributed by atoms with Crippen molar-refractivity contribution in [3.63, 3.8) is 0 Å². The molecule has 0 atom stereocenters. The summed E-state index contributed by atoms with van der Waals surface area (Å²) in [5.41, 5.74) is 4.93. The molecule has 3 aliphatic heterocycles. The highest BCUT2D eigenvalue weighted by Gasteiger charge is 2.50. The third kappa shape index (κ3) is 5.12.